The van der Waals surface area contributed by atoms with Crippen LogP contribution in [-0.4, -0.2) is 11.9 Å². The van der Waals surface area contributed by atoms with Crippen LogP contribution in [0.4, 0.5) is 5.69 Å². The lowest BCUT2D eigenvalue weighted by Crippen LogP contribution is -2.12. The molecule has 0 aliphatic rings. The summed E-state index contributed by atoms with van der Waals surface area (Å²) in [4.78, 5) is 37.2. The molecule has 2 rings (SSSR count). The van der Waals surface area contributed by atoms with Gasteiger partial charge in [-0.1, -0.05) is 141 Å². The number of benzene rings is 1. The van der Waals surface area contributed by atoms with Crippen molar-refractivity contribution in [3.8, 4) is 16.9 Å². The second-order valence-corrected chi connectivity index (χ2v) is 11.6. The first-order valence-corrected chi connectivity index (χ1v) is 16.8. The summed E-state index contributed by atoms with van der Waals surface area (Å²) in [6.45, 7) is 4.47. The number of rotatable bonds is 23. The van der Waals surface area contributed by atoms with E-state index in [0.717, 1.165) is 48.9 Å². The van der Waals surface area contributed by atoms with Crippen LogP contribution in [0, 0.1) is 0 Å². The normalized spacial score (nSPS) is 10.9. The number of esters is 1. The lowest BCUT2D eigenvalue weighted by molar-refractivity contribution is -0.134. The number of carbonyl (C=O) groups excluding carboxylic acids is 2. The van der Waals surface area contributed by atoms with E-state index in [0.29, 0.717) is 12.8 Å². The van der Waals surface area contributed by atoms with Gasteiger partial charge in [-0.25, -0.2) is 0 Å². The summed E-state index contributed by atoms with van der Waals surface area (Å²) in [5, 5.41) is 2.98. The van der Waals surface area contributed by atoms with Crippen molar-refractivity contribution in [2.45, 2.75) is 142 Å². The first-order valence-electron chi connectivity index (χ1n) is 16.8. The van der Waals surface area contributed by atoms with Gasteiger partial charge in [0.2, 0.25) is 11.3 Å². The maximum atomic E-state index is 12.5. The maximum Gasteiger partial charge on any atom is 0.311 e. The third kappa shape index (κ3) is 15.9. The Labute approximate surface area is 254 Å². The van der Waals surface area contributed by atoms with Gasteiger partial charge in [-0.2, -0.15) is 0 Å². The molecule has 2 aromatic carbocycles. The van der Waals surface area contributed by atoms with Crippen molar-refractivity contribution in [1.82, 2.24) is 0 Å². The van der Waals surface area contributed by atoms with Gasteiger partial charge in [0.05, 0.1) is 0 Å². The molecule has 0 saturated carbocycles. The van der Waals surface area contributed by atoms with Crippen LogP contribution in [0.15, 0.2) is 53.3 Å². The Morgan fingerprint density at radius 3 is 1.50 bits per heavy atom. The van der Waals surface area contributed by atoms with E-state index in [2.05, 4.69) is 19.2 Å². The number of nitrogens with one attached hydrogen (secondary N) is 1. The van der Waals surface area contributed by atoms with E-state index in [1.165, 1.54) is 89.5 Å². The summed E-state index contributed by atoms with van der Waals surface area (Å²) >= 11 is 0. The zero-order chi connectivity index (χ0) is 30.3. The fraction of sp³-hybridized carbons (Fsp3) is 0.595. The fourth-order valence-corrected chi connectivity index (χ4v) is 5.15. The van der Waals surface area contributed by atoms with Crippen molar-refractivity contribution in [1.29, 1.82) is 0 Å². The molecule has 5 heteroatoms. The molecule has 5 nitrogen and oxygen atoms in total. The monoisotopic (exact) mass is 577 g/mol. The average Bonchev–Trinajstić information content (AvgIpc) is 3.17. The SMILES string of the molecule is CCCCCCCCCCCC(=O)Nc1ccc(-c2ccc(OC(=O)CCCCCCCCCCC)c(=O)cc2)cc1. The van der Waals surface area contributed by atoms with Crippen molar-refractivity contribution in [3.63, 3.8) is 0 Å². The third-order valence-corrected chi connectivity index (χ3v) is 7.79. The summed E-state index contributed by atoms with van der Waals surface area (Å²) < 4.78 is 5.41. The predicted octanol–water partition coefficient (Wildman–Crippen LogP) is 10.4. The highest BCUT2D eigenvalue weighted by Gasteiger charge is 2.08. The van der Waals surface area contributed by atoms with Crippen LogP contribution in [0.2, 0.25) is 0 Å². The van der Waals surface area contributed by atoms with Crippen molar-refractivity contribution in [3.05, 3.63) is 58.8 Å². The molecular weight excluding hydrogens is 522 g/mol. The van der Waals surface area contributed by atoms with Gasteiger partial charge in [-0.15, -0.1) is 0 Å². The van der Waals surface area contributed by atoms with Crippen LogP contribution in [0.3, 0.4) is 0 Å². The molecule has 0 aliphatic carbocycles. The van der Waals surface area contributed by atoms with Gasteiger partial charge >= 0.3 is 5.97 Å². The maximum absolute atomic E-state index is 12.5. The van der Waals surface area contributed by atoms with E-state index in [-0.39, 0.29) is 23.1 Å². The molecule has 0 fully saturated rings. The first kappa shape index (κ1) is 35.2. The van der Waals surface area contributed by atoms with E-state index in [9.17, 15) is 14.4 Å². The Hall–Kier alpha value is -2.95. The summed E-state index contributed by atoms with van der Waals surface area (Å²) in [6, 6.07) is 14.1. The summed E-state index contributed by atoms with van der Waals surface area (Å²) in [5.41, 5.74) is 2.19. The largest absolute Gasteiger partial charge is 0.422 e. The van der Waals surface area contributed by atoms with Crippen molar-refractivity contribution < 1.29 is 14.3 Å². The van der Waals surface area contributed by atoms with Crippen molar-refractivity contribution in [2.75, 3.05) is 5.32 Å². The van der Waals surface area contributed by atoms with Crippen molar-refractivity contribution in [2.24, 2.45) is 0 Å². The minimum Gasteiger partial charge on any atom is -0.422 e. The average molecular weight is 578 g/mol. The molecule has 232 valence electrons. The zero-order valence-electron chi connectivity index (χ0n) is 26.4. The lowest BCUT2D eigenvalue weighted by Gasteiger charge is -2.07. The number of anilines is 1. The molecule has 0 spiro atoms. The molecule has 0 heterocycles. The molecular formula is C37H55NO4. The summed E-state index contributed by atoms with van der Waals surface area (Å²) in [5.74, 6) is -0.255. The number of hydrogen-bond acceptors (Lipinski definition) is 4. The second-order valence-electron chi connectivity index (χ2n) is 11.6. The first-order chi connectivity index (χ1) is 20.5. The Morgan fingerprint density at radius 1 is 0.548 bits per heavy atom. The Balaban J connectivity index is 1.71. The van der Waals surface area contributed by atoms with Crippen LogP contribution in [0.25, 0.3) is 11.1 Å². The second kappa shape index (κ2) is 22.6. The van der Waals surface area contributed by atoms with Gasteiger partial charge in [0.15, 0.2) is 5.75 Å². The summed E-state index contributed by atoms with van der Waals surface area (Å²) in [7, 11) is 0. The van der Waals surface area contributed by atoms with Crippen LogP contribution in [-0.2, 0) is 9.59 Å². The van der Waals surface area contributed by atoms with Gasteiger partial charge in [-0.05, 0) is 48.2 Å². The molecule has 2 aromatic rings. The van der Waals surface area contributed by atoms with Gasteiger partial charge in [-0.3, -0.25) is 14.4 Å². The highest BCUT2D eigenvalue weighted by Crippen LogP contribution is 2.22. The van der Waals surface area contributed by atoms with E-state index in [4.69, 9.17) is 4.74 Å². The molecule has 0 saturated heterocycles. The standard InChI is InChI=1S/C37H55NO4/c1-3-5-7-9-11-13-15-17-19-21-36(40)38-33-27-23-31(24-28-33)32-25-29-34(39)35(30-26-32)42-37(41)22-20-18-16-14-12-10-8-6-4-2/h23-30H,3-22H2,1-2H3,(H,38,40). The predicted molar refractivity (Wildman–Crippen MR) is 176 cm³/mol. The topological polar surface area (TPSA) is 72.5 Å². The van der Waals surface area contributed by atoms with Crippen LogP contribution < -0.4 is 15.5 Å². The molecule has 1 amide bonds. The van der Waals surface area contributed by atoms with E-state index >= 15 is 0 Å². The quantitative estimate of drug-likeness (QED) is 0.105. The Bertz CT molecular complexity index is 1080. The van der Waals surface area contributed by atoms with Gasteiger partial charge in [0.25, 0.3) is 0 Å². The number of carbonyl (C=O) groups is 2. The fourth-order valence-electron chi connectivity index (χ4n) is 5.15. The molecule has 1 N–H and O–H groups in total. The molecule has 0 unspecified atom stereocenters. The van der Waals surface area contributed by atoms with Crippen molar-refractivity contribution >= 4 is 17.6 Å². The molecule has 0 atom stereocenters. The summed E-state index contributed by atoms with van der Waals surface area (Å²) in [6.07, 6.45) is 22.6. The molecule has 0 aromatic heterocycles. The van der Waals surface area contributed by atoms with E-state index < -0.39 is 0 Å². The van der Waals surface area contributed by atoms with Crippen LogP contribution in [0.5, 0.6) is 5.75 Å². The lowest BCUT2D eigenvalue weighted by atomic mass is 10.1. The van der Waals surface area contributed by atoms with Crippen LogP contribution >= 0.6 is 0 Å². The van der Waals surface area contributed by atoms with Gasteiger partial charge in [0, 0.05) is 18.5 Å². The number of unbranched alkanes of at least 4 members (excludes halogenated alkanes) is 16. The van der Waals surface area contributed by atoms with E-state index in [1.807, 2.05) is 24.3 Å². The molecule has 42 heavy (non-hydrogen) atoms. The van der Waals surface area contributed by atoms with Gasteiger partial charge < -0.3 is 10.1 Å². The van der Waals surface area contributed by atoms with Gasteiger partial charge in [0.1, 0.15) is 0 Å². The molecule has 0 radical (unpaired) electrons. The molecule has 0 aliphatic heterocycles. The number of hydrogen-bond donors (Lipinski definition) is 1. The minimum absolute atomic E-state index is 0.0432. The number of amides is 1. The highest BCUT2D eigenvalue weighted by molar-refractivity contribution is 5.91. The number of ether oxygens (including phenoxy) is 1. The Kier molecular flexibility index (Phi) is 19.0. The zero-order valence-corrected chi connectivity index (χ0v) is 26.4. The molecule has 0 bridgehead atoms. The van der Waals surface area contributed by atoms with Crippen LogP contribution in [0.1, 0.15) is 142 Å². The highest BCUT2D eigenvalue weighted by atomic mass is 16.5. The third-order valence-electron chi connectivity index (χ3n) is 7.79. The minimum atomic E-state index is -0.356. The Morgan fingerprint density at radius 2 is 0.976 bits per heavy atom. The van der Waals surface area contributed by atoms with E-state index in [1.54, 1.807) is 18.2 Å². The smallest absolute Gasteiger partial charge is 0.311 e.